The minimum Gasteiger partial charge on any atom is -0.311 e. The van der Waals surface area contributed by atoms with Crippen LogP contribution in [-0.2, 0) is 7.05 Å². The molecule has 0 spiro atoms. The molecule has 17 heavy (non-hydrogen) atoms. The number of fused-ring (bicyclic) bond motifs is 1. The van der Waals surface area contributed by atoms with Crippen LogP contribution >= 0.6 is 0 Å². The Hall–Kier alpha value is -2.08. The van der Waals surface area contributed by atoms with Crippen molar-refractivity contribution in [1.29, 1.82) is 0 Å². The summed E-state index contributed by atoms with van der Waals surface area (Å²) in [6, 6.07) is 7.12. The summed E-state index contributed by atoms with van der Waals surface area (Å²) in [4.78, 5) is 15.3. The van der Waals surface area contributed by atoms with Crippen LogP contribution in [0.25, 0.3) is 15.7 Å². The van der Waals surface area contributed by atoms with Crippen molar-refractivity contribution >= 4 is 16.6 Å². The molecule has 1 heterocycles. The molecular formula is C14H14N2O. The molecule has 0 bridgehead atoms. The fourth-order valence-electron chi connectivity index (χ4n) is 2.02. The van der Waals surface area contributed by atoms with E-state index >= 15 is 0 Å². The zero-order valence-electron chi connectivity index (χ0n) is 10.2. The van der Waals surface area contributed by atoms with Gasteiger partial charge in [0.15, 0.2) is 5.69 Å². The van der Waals surface area contributed by atoms with Crippen molar-refractivity contribution in [3.05, 3.63) is 51.6 Å². The van der Waals surface area contributed by atoms with E-state index in [1.165, 1.54) is 0 Å². The zero-order chi connectivity index (χ0) is 12.6. The minimum atomic E-state index is -0.00300. The predicted molar refractivity (Wildman–Crippen MR) is 69.5 cm³/mol. The van der Waals surface area contributed by atoms with Gasteiger partial charge in [-0.25, -0.2) is 4.85 Å². The summed E-state index contributed by atoms with van der Waals surface area (Å²) in [5.74, 6) is 0.271. The van der Waals surface area contributed by atoms with E-state index in [1.54, 1.807) is 23.7 Å². The van der Waals surface area contributed by atoms with E-state index in [-0.39, 0.29) is 11.5 Å². The SMILES string of the molecule is [C-]#[N+]c1ccc2c(c1)c(C(C)C)cc(=O)n2C. The normalized spacial score (nSPS) is 10.8. The van der Waals surface area contributed by atoms with Crippen LogP contribution in [0.4, 0.5) is 5.69 Å². The molecule has 0 atom stereocenters. The molecule has 0 fully saturated rings. The largest absolute Gasteiger partial charge is 0.311 e. The standard InChI is InChI=1S/C14H14N2O/c1-9(2)11-8-14(17)16(4)13-6-5-10(15-3)7-12(11)13/h5-9H,1-2,4H3. The molecule has 2 aromatic rings. The number of hydrogen-bond acceptors (Lipinski definition) is 1. The third-order valence-corrected chi connectivity index (χ3v) is 3.01. The van der Waals surface area contributed by atoms with Gasteiger partial charge in [0.25, 0.3) is 5.56 Å². The van der Waals surface area contributed by atoms with E-state index in [4.69, 9.17) is 6.57 Å². The van der Waals surface area contributed by atoms with Gasteiger partial charge in [-0.15, -0.1) is 0 Å². The zero-order valence-corrected chi connectivity index (χ0v) is 10.2. The maximum Gasteiger partial charge on any atom is 0.251 e. The molecule has 3 nitrogen and oxygen atoms in total. The predicted octanol–water partition coefficient (Wildman–Crippen LogP) is 3.21. The molecule has 0 unspecified atom stereocenters. The fraction of sp³-hybridized carbons (Fsp3) is 0.286. The summed E-state index contributed by atoms with van der Waals surface area (Å²) in [5.41, 5.74) is 2.50. The molecule has 0 aliphatic carbocycles. The Morgan fingerprint density at radius 2 is 2.00 bits per heavy atom. The summed E-state index contributed by atoms with van der Waals surface area (Å²) in [5, 5.41) is 0.996. The Labute approximate surface area is 100 Å². The van der Waals surface area contributed by atoms with Crippen molar-refractivity contribution in [2.75, 3.05) is 0 Å². The van der Waals surface area contributed by atoms with Crippen LogP contribution in [0.1, 0.15) is 25.3 Å². The van der Waals surface area contributed by atoms with Gasteiger partial charge in [0.1, 0.15) is 0 Å². The number of nitrogens with zero attached hydrogens (tertiary/aromatic N) is 2. The average molecular weight is 226 g/mol. The number of aromatic nitrogens is 1. The lowest BCUT2D eigenvalue weighted by Gasteiger charge is -2.13. The summed E-state index contributed by atoms with van der Waals surface area (Å²) >= 11 is 0. The van der Waals surface area contributed by atoms with E-state index in [0.717, 1.165) is 16.5 Å². The molecule has 2 rings (SSSR count). The van der Waals surface area contributed by atoms with Crippen molar-refractivity contribution in [3.63, 3.8) is 0 Å². The maximum atomic E-state index is 11.8. The highest BCUT2D eigenvalue weighted by Gasteiger charge is 2.09. The fourth-order valence-corrected chi connectivity index (χ4v) is 2.02. The first-order valence-electron chi connectivity index (χ1n) is 5.55. The van der Waals surface area contributed by atoms with E-state index in [0.29, 0.717) is 5.69 Å². The first kappa shape index (κ1) is 11.4. The van der Waals surface area contributed by atoms with Gasteiger partial charge in [0.05, 0.1) is 6.57 Å². The van der Waals surface area contributed by atoms with Gasteiger partial charge in [0.2, 0.25) is 0 Å². The second-order valence-electron chi connectivity index (χ2n) is 4.46. The number of benzene rings is 1. The highest BCUT2D eigenvalue weighted by molar-refractivity contribution is 5.86. The second kappa shape index (κ2) is 4.06. The topological polar surface area (TPSA) is 26.4 Å². The average Bonchev–Trinajstić information content (AvgIpc) is 2.32. The van der Waals surface area contributed by atoms with Crippen LogP contribution in [0.2, 0.25) is 0 Å². The highest BCUT2D eigenvalue weighted by atomic mass is 16.1. The van der Waals surface area contributed by atoms with Crippen LogP contribution in [0.5, 0.6) is 0 Å². The van der Waals surface area contributed by atoms with E-state index in [2.05, 4.69) is 18.7 Å². The quantitative estimate of drug-likeness (QED) is 0.686. The van der Waals surface area contributed by atoms with Gasteiger partial charge in [-0.05, 0) is 29.0 Å². The molecule has 86 valence electrons. The number of pyridine rings is 1. The third-order valence-electron chi connectivity index (χ3n) is 3.01. The van der Waals surface area contributed by atoms with Gasteiger partial charge in [0, 0.05) is 18.6 Å². The Balaban J connectivity index is 2.95. The molecule has 0 aliphatic rings. The summed E-state index contributed by atoms with van der Waals surface area (Å²) in [7, 11) is 1.76. The number of hydrogen-bond donors (Lipinski definition) is 0. The summed E-state index contributed by atoms with van der Waals surface area (Å²) in [6.45, 7) is 11.2. The van der Waals surface area contributed by atoms with Crippen LogP contribution in [0, 0.1) is 6.57 Å². The summed E-state index contributed by atoms with van der Waals surface area (Å²) in [6.07, 6.45) is 0. The number of rotatable bonds is 1. The van der Waals surface area contributed by atoms with Crippen LogP contribution in [-0.4, -0.2) is 4.57 Å². The Morgan fingerprint density at radius 3 is 2.59 bits per heavy atom. The van der Waals surface area contributed by atoms with Crippen molar-refractivity contribution in [3.8, 4) is 0 Å². The number of aryl methyl sites for hydroxylation is 1. The minimum absolute atomic E-state index is 0.00300. The van der Waals surface area contributed by atoms with Crippen molar-refractivity contribution in [1.82, 2.24) is 4.57 Å². The Bertz CT molecular complexity index is 675. The van der Waals surface area contributed by atoms with Crippen LogP contribution in [0.3, 0.4) is 0 Å². The monoisotopic (exact) mass is 226 g/mol. The summed E-state index contributed by atoms with van der Waals surface area (Å²) < 4.78 is 1.62. The first-order chi connectivity index (χ1) is 8.04. The van der Waals surface area contributed by atoms with Gasteiger partial charge in [-0.2, -0.15) is 0 Å². The molecule has 0 saturated heterocycles. The molecule has 1 aromatic carbocycles. The molecule has 0 N–H and O–H groups in total. The van der Waals surface area contributed by atoms with Crippen molar-refractivity contribution < 1.29 is 0 Å². The molecule has 0 amide bonds. The third kappa shape index (κ3) is 1.83. The van der Waals surface area contributed by atoms with Gasteiger partial charge < -0.3 is 4.57 Å². The molecule has 0 saturated carbocycles. The Kier molecular flexibility index (Phi) is 2.72. The smallest absolute Gasteiger partial charge is 0.251 e. The molecule has 0 aliphatic heterocycles. The molecular weight excluding hydrogens is 212 g/mol. The second-order valence-corrected chi connectivity index (χ2v) is 4.46. The lowest BCUT2D eigenvalue weighted by Crippen LogP contribution is -2.17. The van der Waals surface area contributed by atoms with Crippen molar-refractivity contribution in [2.24, 2.45) is 7.05 Å². The molecule has 1 aromatic heterocycles. The lowest BCUT2D eigenvalue weighted by atomic mass is 9.98. The Morgan fingerprint density at radius 1 is 1.29 bits per heavy atom. The molecule has 0 radical (unpaired) electrons. The van der Waals surface area contributed by atoms with E-state index in [1.807, 2.05) is 12.1 Å². The van der Waals surface area contributed by atoms with Gasteiger partial charge in [-0.3, -0.25) is 4.79 Å². The highest BCUT2D eigenvalue weighted by Crippen LogP contribution is 2.27. The van der Waals surface area contributed by atoms with Gasteiger partial charge in [-0.1, -0.05) is 19.9 Å². The van der Waals surface area contributed by atoms with E-state index in [9.17, 15) is 4.79 Å². The molecule has 3 heteroatoms. The van der Waals surface area contributed by atoms with Crippen molar-refractivity contribution in [2.45, 2.75) is 19.8 Å². The first-order valence-corrected chi connectivity index (χ1v) is 5.55. The van der Waals surface area contributed by atoms with Crippen LogP contribution in [0.15, 0.2) is 29.1 Å². The van der Waals surface area contributed by atoms with Gasteiger partial charge >= 0.3 is 0 Å². The maximum absolute atomic E-state index is 11.8. The van der Waals surface area contributed by atoms with Crippen LogP contribution < -0.4 is 5.56 Å². The van der Waals surface area contributed by atoms with E-state index < -0.39 is 0 Å². The lowest BCUT2D eigenvalue weighted by molar-refractivity contribution is 0.846.